The predicted molar refractivity (Wildman–Crippen MR) is 77.8 cm³/mol. The van der Waals surface area contributed by atoms with Gasteiger partial charge in [-0.1, -0.05) is 15.9 Å². The first-order valence-corrected chi connectivity index (χ1v) is 7.94. The van der Waals surface area contributed by atoms with Crippen molar-refractivity contribution in [3.63, 3.8) is 0 Å². The second kappa shape index (κ2) is 7.18. The van der Waals surface area contributed by atoms with E-state index < -0.39 is 16.0 Å². The normalized spacial score (nSPS) is 11.8. The van der Waals surface area contributed by atoms with Crippen molar-refractivity contribution in [2.24, 2.45) is 0 Å². The SMILES string of the molecule is CNCCCN(C)S(=O)(=O)Nc1ccc(Br)cc1F. The molecule has 5 nitrogen and oxygen atoms in total. The lowest BCUT2D eigenvalue weighted by molar-refractivity contribution is 0.462. The van der Waals surface area contributed by atoms with Gasteiger partial charge in [0.25, 0.3) is 0 Å². The highest BCUT2D eigenvalue weighted by Gasteiger charge is 2.18. The third-order valence-electron chi connectivity index (χ3n) is 2.48. The zero-order chi connectivity index (χ0) is 14.5. The van der Waals surface area contributed by atoms with E-state index in [9.17, 15) is 12.8 Å². The second-order valence-electron chi connectivity index (χ2n) is 4.01. The maximum Gasteiger partial charge on any atom is 0.301 e. The number of halogens is 2. The van der Waals surface area contributed by atoms with E-state index in [2.05, 4.69) is 26.0 Å². The first-order chi connectivity index (χ1) is 8.86. The molecule has 0 fully saturated rings. The monoisotopic (exact) mass is 353 g/mol. The largest absolute Gasteiger partial charge is 0.320 e. The fourth-order valence-corrected chi connectivity index (χ4v) is 2.69. The Kier molecular flexibility index (Phi) is 6.18. The molecule has 108 valence electrons. The third-order valence-corrected chi connectivity index (χ3v) is 4.45. The van der Waals surface area contributed by atoms with Gasteiger partial charge in [-0.05, 0) is 38.2 Å². The molecule has 0 radical (unpaired) electrons. The highest BCUT2D eigenvalue weighted by Crippen LogP contribution is 2.20. The van der Waals surface area contributed by atoms with Crippen LogP contribution in [0.3, 0.4) is 0 Å². The molecule has 1 aromatic rings. The van der Waals surface area contributed by atoms with Gasteiger partial charge in [-0.25, -0.2) is 4.39 Å². The Labute approximate surface area is 121 Å². The van der Waals surface area contributed by atoms with Gasteiger partial charge in [0.15, 0.2) is 0 Å². The molecular weight excluding hydrogens is 337 g/mol. The van der Waals surface area contributed by atoms with Crippen molar-refractivity contribution in [2.75, 3.05) is 31.9 Å². The molecule has 1 rings (SSSR count). The van der Waals surface area contributed by atoms with E-state index in [1.165, 1.54) is 19.2 Å². The Bertz CT molecular complexity index is 525. The summed E-state index contributed by atoms with van der Waals surface area (Å²) in [6.07, 6.45) is 0.677. The molecule has 0 saturated carbocycles. The van der Waals surface area contributed by atoms with Crippen LogP contribution in [-0.2, 0) is 10.2 Å². The van der Waals surface area contributed by atoms with E-state index in [1.807, 2.05) is 0 Å². The van der Waals surface area contributed by atoms with Crippen LogP contribution in [0.25, 0.3) is 0 Å². The van der Waals surface area contributed by atoms with Gasteiger partial charge < -0.3 is 5.32 Å². The summed E-state index contributed by atoms with van der Waals surface area (Å²) in [5.74, 6) is -0.624. The van der Waals surface area contributed by atoms with Crippen LogP contribution >= 0.6 is 15.9 Å². The van der Waals surface area contributed by atoms with Gasteiger partial charge in [0.05, 0.1) is 5.69 Å². The molecule has 0 atom stereocenters. The molecule has 0 amide bonds. The van der Waals surface area contributed by atoms with Crippen LogP contribution in [0.15, 0.2) is 22.7 Å². The summed E-state index contributed by atoms with van der Waals surface area (Å²) in [4.78, 5) is 0. The molecule has 1 aromatic carbocycles. The minimum Gasteiger partial charge on any atom is -0.320 e. The lowest BCUT2D eigenvalue weighted by Gasteiger charge is -2.18. The predicted octanol–water partition coefficient (Wildman–Crippen LogP) is 1.79. The van der Waals surface area contributed by atoms with E-state index in [-0.39, 0.29) is 5.69 Å². The average Bonchev–Trinajstić information content (AvgIpc) is 2.33. The molecular formula is C11H17BrFN3O2S. The molecule has 0 spiro atoms. The lowest BCUT2D eigenvalue weighted by atomic mass is 10.3. The summed E-state index contributed by atoms with van der Waals surface area (Å²) in [5, 5.41) is 2.93. The van der Waals surface area contributed by atoms with Gasteiger partial charge in [0.2, 0.25) is 0 Å². The maximum absolute atomic E-state index is 13.6. The fourth-order valence-electron chi connectivity index (χ4n) is 1.39. The number of hydrogen-bond acceptors (Lipinski definition) is 3. The molecule has 2 N–H and O–H groups in total. The minimum atomic E-state index is -3.73. The Hall–Kier alpha value is -0.700. The molecule has 0 unspecified atom stereocenters. The highest BCUT2D eigenvalue weighted by molar-refractivity contribution is 9.10. The van der Waals surface area contributed by atoms with Crippen LogP contribution in [0.5, 0.6) is 0 Å². The summed E-state index contributed by atoms with van der Waals surface area (Å²) in [7, 11) is -0.480. The van der Waals surface area contributed by atoms with Crippen LogP contribution < -0.4 is 10.0 Å². The standard InChI is InChI=1S/C11H17BrFN3O2S/c1-14-6-3-7-16(2)19(17,18)15-11-5-4-9(12)8-10(11)13/h4-5,8,14-15H,3,6-7H2,1-2H3. The van der Waals surface area contributed by atoms with Gasteiger partial charge in [0, 0.05) is 18.1 Å². The Morgan fingerprint density at radius 2 is 2.11 bits per heavy atom. The first-order valence-electron chi connectivity index (χ1n) is 5.70. The number of anilines is 1. The first kappa shape index (κ1) is 16.4. The minimum absolute atomic E-state index is 0.0660. The van der Waals surface area contributed by atoms with Gasteiger partial charge in [0.1, 0.15) is 5.82 Å². The summed E-state index contributed by atoms with van der Waals surface area (Å²) in [6, 6.07) is 4.15. The highest BCUT2D eigenvalue weighted by atomic mass is 79.9. The van der Waals surface area contributed by atoms with Crippen molar-refractivity contribution in [3.8, 4) is 0 Å². The quantitative estimate of drug-likeness (QED) is 0.734. The second-order valence-corrected chi connectivity index (χ2v) is 6.70. The van der Waals surface area contributed by atoms with Gasteiger partial charge in [-0.3, -0.25) is 4.72 Å². The van der Waals surface area contributed by atoms with E-state index in [1.54, 1.807) is 13.1 Å². The van der Waals surface area contributed by atoms with Crippen molar-refractivity contribution in [3.05, 3.63) is 28.5 Å². The topological polar surface area (TPSA) is 61.4 Å². The van der Waals surface area contributed by atoms with Crippen LogP contribution in [0.1, 0.15) is 6.42 Å². The van der Waals surface area contributed by atoms with Crippen molar-refractivity contribution < 1.29 is 12.8 Å². The molecule has 0 aromatic heterocycles. The third kappa shape index (κ3) is 5.06. The Morgan fingerprint density at radius 3 is 2.68 bits per heavy atom. The number of benzene rings is 1. The fraction of sp³-hybridized carbons (Fsp3) is 0.455. The molecule has 19 heavy (non-hydrogen) atoms. The Balaban J connectivity index is 2.73. The zero-order valence-corrected chi connectivity index (χ0v) is 13.2. The van der Waals surface area contributed by atoms with Crippen LogP contribution in [0.4, 0.5) is 10.1 Å². The Morgan fingerprint density at radius 1 is 1.42 bits per heavy atom. The molecule has 0 aliphatic rings. The van der Waals surface area contributed by atoms with Crippen LogP contribution in [-0.4, -0.2) is 39.9 Å². The van der Waals surface area contributed by atoms with Gasteiger partial charge in [-0.2, -0.15) is 12.7 Å². The van der Waals surface area contributed by atoms with Crippen LogP contribution in [0, 0.1) is 5.82 Å². The average molecular weight is 354 g/mol. The van der Waals surface area contributed by atoms with Gasteiger partial charge >= 0.3 is 10.2 Å². The summed E-state index contributed by atoms with van der Waals surface area (Å²) in [5.41, 5.74) is -0.0660. The number of hydrogen-bond donors (Lipinski definition) is 2. The molecule has 0 saturated heterocycles. The number of nitrogens with zero attached hydrogens (tertiary/aromatic N) is 1. The zero-order valence-electron chi connectivity index (χ0n) is 10.8. The van der Waals surface area contributed by atoms with E-state index >= 15 is 0 Å². The molecule has 0 bridgehead atoms. The number of nitrogens with one attached hydrogen (secondary N) is 2. The molecule has 0 heterocycles. The smallest absolute Gasteiger partial charge is 0.301 e. The van der Waals surface area contributed by atoms with E-state index in [0.29, 0.717) is 24.0 Å². The summed E-state index contributed by atoms with van der Waals surface area (Å²) >= 11 is 3.11. The van der Waals surface area contributed by atoms with Crippen molar-refractivity contribution in [2.45, 2.75) is 6.42 Å². The van der Waals surface area contributed by atoms with Crippen molar-refractivity contribution in [1.82, 2.24) is 9.62 Å². The summed E-state index contributed by atoms with van der Waals surface area (Å²) in [6.45, 7) is 1.07. The molecule has 0 aliphatic heterocycles. The van der Waals surface area contributed by atoms with E-state index in [4.69, 9.17) is 0 Å². The number of rotatable bonds is 7. The van der Waals surface area contributed by atoms with E-state index in [0.717, 1.165) is 4.31 Å². The summed E-state index contributed by atoms with van der Waals surface area (Å²) < 4.78 is 41.4. The maximum atomic E-state index is 13.6. The van der Waals surface area contributed by atoms with Crippen molar-refractivity contribution in [1.29, 1.82) is 0 Å². The lowest BCUT2D eigenvalue weighted by Crippen LogP contribution is -2.34. The van der Waals surface area contributed by atoms with Crippen molar-refractivity contribution >= 4 is 31.8 Å². The van der Waals surface area contributed by atoms with Crippen LogP contribution in [0.2, 0.25) is 0 Å². The molecule has 0 aliphatic carbocycles. The molecule has 8 heteroatoms. The van der Waals surface area contributed by atoms with Gasteiger partial charge in [-0.15, -0.1) is 0 Å².